The Hall–Kier alpha value is -3.48. The summed E-state index contributed by atoms with van der Waals surface area (Å²) in [5.74, 6) is 0.235. The molecule has 0 fully saturated rings. The van der Waals surface area contributed by atoms with Gasteiger partial charge in [0.2, 0.25) is 11.3 Å². The molecule has 0 N–H and O–H groups in total. The van der Waals surface area contributed by atoms with Crippen molar-refractivity contribution in [1.29, 1.82) is 0 Å². The summed E-state index contributed by atoms with van der Waals surface area (Å²) in [4.78, 5) is 18.8. The van der Waals surface area contributed by atoms with Gasteiger partial charge in [-0.1, -0.05) is 24.3 Å². The molecule has 2 aromatic carbocycles. The van der Waals surface area contributed by atoms with E-state index in [2.05, 4.69) is 9.97 Å². The molecule has 23 heavy (non-hydrogen) atoms. The summed E-state index contributed by atoms with van der Waals surface area (Å²) in [5, 5.41) is 11.9. The van der Waals surface area contributed by atoms with Crippen molar-refractivity contribution < 1.29 is 14.1 Å². The first-order valence-corrected chi connectivity index (χ1v) is 6.77. The van der Waals surface area contributed by atoms with Crippen molar-refractivity contribution in [2.75, 3.05) is 0 Å². The van der Waals surface area contributed by atoms with Crippen LogP contribution in [0.15, 0.2) is 59.3 Å². The second kappa shape index (κ2) is 5.06. The standard InChI is InChI=1S/C16H9N3O4/c20-19(21)11-6-2-4-8-13(11)23-16-15-14(17-9-18-16)10-5-1-3-7-12(10)22-15/h1-9H. The van der Waals surface area contributed by atoms with E-state index in [0.29, 0.717) is 16.7 Å². The van der Waals surface area contributed by atoms with E-state index < -0.39 is 4.92 Å². The number of aromatic nitrogens is 2. The zero-order valence-electron chi connectivity index (χ0n) is 11.7. The van der Waals surface area contributed by atoms with Crippen molar-refractivity contribution in [1.82, 2.24) is 9.97 Å². The fourth-order valence-electron chi connectivity index (χ4n) is 2.37. The van der Waals surface area contributed by atoms with Crippen molar-refractivity contribution in [2.45, 2.75) is 0 Å². The number of ether oxygens (including phenoxy) is 1. The Labute approximate surface area is 129 Å². The molecule has 7 heteroatoms. The molecule has 0 spiro atoms. The van der Waals surface area contributed by atoms with Crippen LogP contribution in [-0.2, 0) is 0 Å². The highest BCUT2D eigenvalue weighted by Crippen LogP contribution is 2.36. The normalized spacial score (nSPS) is 11.0. The second-order valence-corrected chi connectivity index (χ2v) is 4.78. The molecule has 2 aromatic heterocycles. The lowest BCUT2D eigenvalue weighted by Crippen LogP contribution is -1.95. The Bertz CT molecular complexity index is 1040. The number of fused-ring (bicyclic) bond motifs is 3. The predicted molar refractivity (Wildman–Crippen MR) is 82.5 cm³/mol. The minimum absolute atomic E-state index is 0.0953. The first-order valence-electron chi connectivity index (χ1n) is 6.77. The minimum Gasteiger partial charge on any atom is -0.449 e. The summed E-state index contributed by atoms with van der Waals surface area (Å²) in [6.45, 7) is 0. The van der Waals surface area contributed by atoms with Crippen LogP contribution in [0.25, 0.3) is 22.1 Å². The van der Waals surface area contributed by atoms with E-state index in [-0.39, 0.29) is 17.3 Å². The third-order valence-corrected chi connectivity index (χ3v) is 3.39. The first-order chi connectivity index (χ1) is 11.2. The highest BCUT2D eigenvalue weighted by atomic mass is 16.6. The van der Waals surface area contributed by atoms with Gasteiger partial charge in [0.1, 0.15) is 17.4 Å². The van der Waals surface area contributed by atoms with Crippen molar-refractivity contribution in [3.63, 3.8) is 0 Å². The quantitative estimate of drug-likeness (QED) is 0.418. The number of rotatable bonds is 3. The van der Waals surface area contributed by atoms with Crippen LogP contribution in [0.5, 0.6) is 11.6 Å². The Balaban J connectivity index is 1.89. The first kappa shape index (κ1) is 13.2. The maximum absolute atomic E-state index is 11.1. The number of hydrogen-bond acceptors (Lipinski definition) is 6. The molecule has 0 unspecified atom stereocenters. The van der Waals surface area contributed by atoms with Gasteiger partial charge in [-0.15, -0.1) is 0 Å². The van der Waals surface area contributed by atoms with Gasteiger partial charge in [-0.2, -0.15) is 4.98 Å². The maximum atomic E-state index is 11.1. The van der Waals surface area contributed by atoms with E-state index in [1.807, 2.05) is 24.3 Å². The van der Waals surface area contributed by atoms with Crippen molar-refractivity contribution >= 4 is 27.8 Å². The number of nitrogens with zero attached hydrogens (tertiary/aromatic N) is 3. The van der Waals surface area contributed by atoms with Gasteiger partial charge in [-0.05, 0) is 18.2 Å². The van der Waals surface area contributed by atoms with Gasteiger partial charge in [-0.3, -0.25) is 10.1 Å². The topological polar surface area (TPSA) is 91.3 Å². The molecule has 0 bridgehead atoms. The van der Waals surface area contributed by atoms with E-state index in [1.54, 1.807) is 12.1 Å². The van der Waals surface area contributed by atoms with Crippen molar-refractivity contribution in [3.8, 4) is 11.6 Å². The zero-order chi connectivity index (χ0) is 15.8. The SMILES string of the molecule is O=[N+]([O-])c1ccccc1Oc1ncnc2c1oc1ccccc12. The summed E-state index contributed by atoms with van der Waals surface area (Å²) in [6.07, 6.45) is 1.34. The molecule has 0 amide bonds. The van der Waals surface area contributed by atoms with E-state index >= 15 is 0 Å². The second-order valence-electron chi connectivity index (χ2n) is 4.78. The fraction of sp³-hybridized carbons (Fsp3) is 0. The molecule has 0 saturated carbocycles. The summed E-state index contributed by atoms with van der Waals surface area (Å²) in [6, 6.07) is 13.5. The average molecular weight is 307 g/mol. The largest absolute Gasteiger partial charge is 0.449 e. The molecule has 0 atom stereocenters. The van der Waals surface area contributed by atoms with E-state index in [9.17, 15) is 10.1 Å². The number of hydrogen-bond donors (Lipinski definition) is 0. The van der Waals surface area contributed by atoms with Crippen LogP contribution >= 0.6 is 0 Å². The van der Waals surface area contributed by atoms with Gasteiger partial charge in [0, 0.05) is 11.5 Å². The summed E-state index contributed by atoms with van der Waals surface area (Å²) in [5.41, 5.74) is 1.46. The van der Waals surface area contributed by atoms with Crippen molar-refractivity contribution in [3.05, 3.63) is 65.0 Å². The molecule has 2 heterocycles. The van der Waals surface area contributed by atoms with E-state index in [0.717, 1.165) is 5.39 Å². The van der Waals surface area contributed by atoms with Gasteiger partial charge in [0.25, 0.3) is 5.88 Å². The highest BCUT2D eigenvalue weighted by molar-refractivity contribution is 6.03. The molecule has 7 nitrogen and oxygen atoms in total. The highest BCUT2D eigenvalue weighted by Gasteiger charge is 2.19. The van der Waals surface area contributed by atoms with Gasteiger partial charge >= 0.3 is 5.69 Å². The molecular weight excluding hydrogens is 298 g/mol. The molecule has 4 rings (SSSR count). The molecule has 0 saturated heterocycles. The summed E-state index contributed by atoms with van der Waals surface area (Å²) in [7, 11) is 0. The molecule has 112 valence electrons. The fourth-order valence-corrected chi connectivity index (χ4v) is 2.37. The van der Waals surface area contributed by atoms with Crippen LogP contribution in [0.1, 0.15) is 0 Å². The van der Waals surface area contributed by atoms with Crippen LogP contribution in [0.2, 0.25) is 0 Å². The Morgan fingerprint density at radius 1 is 1.04 bits per heavy atom. The van der Waals surface area contributed by atoms with Gasteiger partial charge in [0.15, 0.2) is 0 Å². The van der Waals surface area contributed by atoms with Crippen LogP contribution in [0.4, 0.5) is 5.69 Å². The zero-order valence-corrected chi connectivity index (χ0v) is 11.7. The van der Waals surface area contributed by atoms with Crippen LogP contribution in [0, 0.1) is 10.1 Å². The van der Waals surface area contributed by atoms with Crippen molar-refractivity contribution in [2.24, 2.45) is 0 Å². The van der Waals surface area contributed by atoms with Crippen LogP contribution < -0.4 is 4.74 Å². The van der Waals surface area contributed by atoms with Crippen LogP contribution in [0.3, 0.4) is 0 Å². The van der Waals surface area contributed by atoms with E-state index in [1.165, 1.54) is 18.5 Å². The molecule has 0 aliphatic rings. The molecule has 0 aliphatic heterocycles. The molecular formula is C16H9N3O4. The van der Waals surface area contributed by atoms with Gasteiger partial charge in [-0.25, -0.2) is 4.98 Å². The smallest absolute Gasteiger partial charge is 0.311 e. The predicted octanol–water partition coefficient (Wildman–Crippen LogP) is 4.08. The number of nitro groups is 1. The number of benzene rings is 2. The summed E-state index contributed by atoms with van der Waals surface area (Å²) < 4.78 is 11.4. The summed E-state index contributed by atoms with van der Waals surface area (Å²) >= 11 is 0. The lowest BCUT2D eigenvalue weighted by molar-refractivity contribution is -0.385. The maximum Gasteiger partial charge on any atom is 0.311 e. The van der Waals surface area contributed by atoms with Crippen LogP contribution in [-0.4, -0.2) is 14.9 Å². The average Bonchev–Trinajstić information content (AvgIpc) is 2.95. The lowest BCUT2D eigenvalue weighted by atomic mass is 10.2. The Morgan fingerprint density at radius 3 is 2.70 bits per heavy atom. The lowest BCUT2D eigenvalue weighted by Gasteiger charge is -2.04. The molecule has 0 radical (unpaired) electrons. The minimum atomic E-state index is -0.508. The number of nitro benzene ring substituents is 1. The third kappa shape index (κ3) is 2.15. The molecule has 4 aromatic rings. The Kier molecular flexibility index (Phi) is 2.90. The molecule has 0 aliphatic carbocycles. The third-order valence-electron chi connectivity index (χ3n) is 3.39. The Morgan fingerprint density at radius 2 is 1.83 bits per heavy atom. The number of para-hydroxylation sites is 3. The van der Waals surface area contributed by atoms with Gasteiger partial charge < -0.3 is 9.15 Å². The number of furan rings is 1. The van der Waals surface area contributed by atoms with Gasteiger partial charge in [0.05, 0.1) is 4.92 Å². The monoisotopic (exact) mass is 307 g/mol. The van der Waals surface area contributed by atoms with E-state index in [4.69, 9.17) is 9.15 Å².